The fraction of sp³-hybridized carbons (Fsp3) is 0.190. The average molecular weight is 398 g/mol. The molecule has 3 rings (SSSR count). The Morgan fingerprint density at radius 2 is 1.75 bits per heavy atom. The lowest BCUT2D eigenvalue weighted by Crippen LogP contribution is -2.17. The van der Waals surface area contributed by atoms with E-state index in [9.17, 15) is 13.2 Å². The molecule has 0 aliphatic carbocycles. The second-order valence-corrected chi connectivity index (χ2v) is 8.16. The molecule has 0 aliphatic rings. The van der Waals surface area contributed by atoms with Crippen LogP contribution < -0.4 is 10.5 Å². The maximum absolute atomic E-state index is 12.8. The second kappa shape index (κ2) is 7.61. The van der Waals surface area contributed by atoms with Crippen molar-refractivity contribution in [1.82, 2.24) is 4.57 Å². The highest BCUT2D eigenvalue weighted by Crippen LogP contribution is 2.24. The van der Waals surface area contributed by atoms with E-state index in [1.807, 2.05) is 61.7 Å². The number of nitrogens with zero attached hydrogens (tertiary/aromatic N) is 1. The molecule has 146 valence electrons. The quantitative estimate of drug-likeness (QED) is 0.689. The lowest BCUT2D eigenvalue weighted by atomic mass is 10.1. The van der Waals surface area contributed by atoms with Crippen molar-refractivity contribution >= 4 is 21.6 Å². The highest BCUT2D eigenvalue weighted by molar-refractivity contribution is 7.89. The zero-order valence-corrected chi connectivity index (χ0v) is 16.9. The number of amides is 1. The molecule has 7 heteroatoms. The van der Waals surface area contributed by atoms with Crippen molar-refractivity contribution in [2.45, 2.75) is 32.1 Å². The van der Waals surface area contributed by atoms with Crippen LogP contribution in [0.1, 0.15) is 34.2 Å². The highest BCUT2D eigenvalue weighted by atomic mass is 32.2. The van der Waals surface area contributed by atoms with Gasteiger partial charge in [0.25, 0.3) is 5.91 Å². The number of benzene rings is 2. The standard InChI is InChI=1S/C21H23N3O3S/c1-4-16-10-11-17(13-20(16)28(22,26)27)23-21(25)19-12-14(2)24(15(19)3)18-8-6-5-7-9-18/h5-13H,4H2,1-3H3,(H,23,25)(H2,22,26,27). The first-order chi connectivity index (χ1) is 13.2. The molecule has 6 nitrogen and oxygen atoms in total. The summed E-state index contributed by atoms with van der Waals surface area (Å²) in [6.07, 6.45) is 0.526. The average Bonchev–Trinajstić information content (AvgIpc) is 2.96. The third-order valence-electron chi connectivity index (χ3n) is 4.70. The number of sulfonamides is 1. The molecule has 1 heterocycles. The molecule has 0 bridgehead atoms. The van der Waals surface area contributed by atoms with Gasteiger partial charge in [-0.3, -0.25) is 4.79 Å². The van der Waals surface area contributed by atoms with Crippen LogP contribution >= 0.6 is 0 Å². The van der Waals surface area contributed by atoms with Crippen molar-refractivity contribution < 1.29 is 13.2 Å². The number of rotatable bonds is 5. The Bertz CT molecular complexity index is 1130. The third kappa shape index (κ3) is 3.85. The normalized spacial score (nSPS) is 11.4. The van der Waals surface area contributed by atoms with Gasteiger partial charge >= 0.3 is 0 Å². The van der Waals surface area contributed by atoms with Crippen LogP contribution in [0.3, 0.4) is 0 Å². The van der Waals surface area contributed by atoms with Crippen molar-refractivity contribution in [1.29, 1.82) is 0 Å². The summed E-state index contributed by atoms with van der Waals surface area (Å²) in [5.41, 5.74) is 4.23. The van der Waals surface area contributed by atoms with E-state index >= 15 is 0 Å². The Kier molecular flexibility index (Phi) is 5.40. The molecule has 0 unspecified atom stereocenters. The van der Waals surface area contributed by atoms with Gasteiger partial charge in [-0.2, -0.15) is 0 Å². The van der Waals surface area contributed by atoms with E-state index in [2.05, 4.69) is 5.32 Å². The van der Waals surface area contributed by atoms with Crippen molar-refractivity contribution in [2.24, 2.45) is 5.14 Å². The molecular formula is C21H23N3O3S. The summed E-state index contributed by atoms with van der Waals surface area (Å²) in [4.78, 5) is 12.9. The summed E-state index contributed by atoms with van der Waals surface area (Å²) in [7, 11) is -3.87. The van der Waals surface area contributed by atoms with Crippen molar-refractivity contribution in [3.63, 3.8) is 0 Å². The fourth-order valence-corrected chi connectivity index (χ4v) is 4.22. The number of carbonyl (C=O) groups excluding carboxylic acids is 1. The predicted octanol–water partition coefficient (Wildman–Crippen LogP) is 3.56. The number of aromatic nitrogens is 1. The maximum Gasteiger partial charge on any atom is 0.257 e. The number of aryl methyl sites for hydroxylation is 2. The molecule has 0 atom stereocenters. The first-order valence-electron chi connectivity index (χ1n) is 8.93. The SMILES string of the molecule is CCc1ccc(NC(=O)c2cc(C)n(-c3ccccc3)c2C)cc1S(N)(=O)=O. The number of para-hydroxylation sites is 1. The van der Waals surface area contributed by atoms with Gasteiger partial charge in [0.15, 0.2) is 0 Å². The van der Waals surface area contributed by atoms with E-state index in [0.717, 1.165) is 17.1 Å². The third-order valence-corrected chi connectivity index (χ3v) is 5.70. The van der Waals surface area contributed by atoms with Crippen LogP contribution in [0.2, 0.25) is 0 Å². The van der Waals surface area contributed by atoms with Crippen molar-refractivity contribution in [2.75, 3.05) is 5.32 Å². The Labute approximate surface area is 165 Å². The van der Waals surface area contributed by atoms with Crippen LogP contribution in [0.15, 0.2) is 59.5 Å². The van der Waals surface area contributed by atoms with E-state index < -0.39 is 10.0 Å². The van der Waals surface area contributed by atoms with Gasteiger partial charge in [-0.25, -0.2) is 13.6 Å². The number of hydrogen-bond donors (Lipinski definition) is 2. The van der Waals surface area contributed by atoms with Crippen LogP contribution in [-0.4, -0.2) is 18.9 Å². The van der Waals surface area contributed by atoms with Gasteiger partial charge in [-0.05, 0) is 56.2 Å². The van der Waals surface area contributed by atoms with E-state index in [1.165, 1.54) is 6.07 Å². The van der Waals surface area contributed by atoms with Gasteiger partial charge in [-0.15, -0.1) is 0 Å². The molecular weight excluding hydrogens is 374 g/mol. The number of nitrogens with two attached hydrogens (primary N) is 1. The van der Waals surface area contributed by atoms with Gasteiger partial charge < -0.3 is 9.88 Å². The van der Waals surface area contributed by atoms with Gasteiger partial charge in [0.2, 0.25) is 10.0 Å². The summed E-state index contributed by atoms with van der Waals surface area (Å²) >= 11 is 0. The zero-order chi connectivity index (χ0) is 20.5. The highest BCUT2D eigenvalue weighted by Gasteiger charge is 2.19. The summed E-state index contributed by atoms with van der Waals surface area (Å²) in [6, 6.07) is 16.4. The van der Waals surface area contributed by atoms with Crippen LogP contribution in [0.5, 0.6) is 0 Å². The van der Waals surface area contributed by atoms with E-state index in [4.69, 9.17) is 5.14 Å². The zero-order valence-electron chi connectivity index (χ0n) is 16.1. The van der Waals surface area contributed by atoms with Crippen LogP contribution in [-0.2, 0) is 16.4 Å². The van der Waals surface area contributed by atoms with Gasteiger partial charge in [0.05, 0.1) is 10.5 Å². The fourth-order valence-electron chi connectivity index (χ4n) is 3.35. The van der Waals surface area contributed by atoms with Crippen LogP contribution in [0, 0.1) is 13.8 Å². The van der Waals surface area contributed by atoms with E-state index in [1.54, 1.807) is 12.1 Å². The molecule has 1 aromatic heterocycles. The maximum atomic E-state index is 12.8. The smallest absolute Gasteiger partial charge is 0.257 e. The molecule has 0 saturated heterocycles. The van der Waals surface area contributed by atoms with Crippen molar-refractivity contribution in [3.05, 3.63) is 77.1 Å². The van der Waals surface area contributed by atoms with E-state index in [0.29, 0.717) is 23.2 Å². The largest absolute Gasteiger partial charge is 0.322 e. The lowest BCUT2D eigenvalue weighted by molar-refractivity contribution is 0.102. The molecule has 3 aromatic rings. The van der Waals surface area contributed by atoms with Gasteiger partial charge in [-0.1, -0.05) is 31.2 Å². The number of anilines is 1. The molecule has 0 fully saturated rings. The van der Waals surface area contributed by atoms with Gasteiger partial charge in [0.1, 0.15) is 0 Å². The van der Waals surface area contributed by atoms with Crippen molar-refractivity contribution in [3.8, 4) is 5.69 Å². The number of carbonyl (C=O) groups is 1. The molecule has 0 spiro atoms. The monoisotopic (exact) mass is 397 g/mol. The summed E-state index contributed by atoms with van der Waals surface area (Å²) in [6.45, 7) is 5.66. The Hall–Kier alpha value is -2.90. The minimum Gasteiger partial charge on any atom is -0.322 e. The Morgan fingerprint density at radius 1 is 1.07 bits per heavy atom. The number of nitrogens with one attached hydrogen (secondary N) is 1. The molecule has 0 aliphatic heterocycles. The molecule has 1 amide bonds. The van der Waals surface area contributed by atoms with Crippen LogP contribution in [0.4, 0.5) is 5.69 Å². The molecule has 3 N–H and O–H groups in total. The minimum absolute atomic E-state index is 0.0301. The lowest BCUT2D eigenvalue weighted by Gasteiger charge is -2.11. The summed E-state index contributed by atoms with van der Waals surface area (Å²) in [5.74, 6) is -0.306. The molecule has 28 heavy (non-hydrogen) atoms. The first kappa shape index (κ1) is 19.9. The Balaban J connectivity index is 1.95. The second-order valence-electron chi connectivity index (χ2n) is 6.63. The van der Waals surface area contributed by atoms with Crippen LogP contribution in [0.25, 0.3) is 5.69 Å². The van der Waals surface area contributed by atoms with Gasteiger partial charge in [0, 0.05) is 22.8 Å². The Morgan fingerprint density at radius 3 is 2.36 bits per heavy atom. The summed E-state index contributed by atoms with van der Waals surface area (Å²) in [5, 5.41) is 8.09. The minimum atomic E-state index is -3.87. The first-order valence-corrected chi connectivity index (χ1v) is 10.5. The molecule has 0 radical (unpaired) electrons. The number of hydrogen-bond acceptors (Lipinski definition) is 3. The molecule has 0 saturated carbocycles. The van der Waals surface area contributed by atoms with E-state index in [-0.39, 0.29) is 10.8 Å². The topological polar surface area (TPSA) is 94.2 Å². The number of primary sulfonamides is 1. The predicted molar refractivity (Wildman–Crippen MR) is 110 cm³/mol. The molecule has 2 aromatic carbocycles. The summed E-state index contributed by atoms with van der Waals surface area (Å²) < 4.78 is 25.7.